The molecule has 0 radical (unpaired) electrons. The van der Waals surface area contributed by atoms with Crippen LogP contribution in [0, 0.1) is 0 Å². The maximum absolute atomic E-state index is 12.7. The summed E-state index contributed by atoms with van der Waals surface area (Å²) in [5.41, 5.74) is 0.756. The molecule has 1 atom stereocenters. The molecule has 0 aliphatic carbocycles. The molecular formula is C18H25N3O3. The summed E-state index contributed by atoms with van der Waals surface area (Å²) in [4.78, 5) is 28.6. The first kappa shape index (κ1) is 16.8. The molecule has 1 aromatic rings. The fourth-order valence-electron chi connectivity index (χ4n) is 3.41. The molecule has 2 aliphatic rings. The first-order chi connectivity index (χ1) is 11.7. The molecule has 3 rings (SSSR count). The topological polar surface area (TPSA) is 61.9 Å². The second-order valence-electron chi connectivity index (χ2n) is 6.29. The maximum atomic E-state index is 12.7. The number of fused-ring (bicyclic) bond motifs is 1. The zero-order valence-corrected chi connectivity index (χ0v) is 14.2. The van der Waals surface area contributed by atoms with Gasteiger partial charge in [0.25, 0.3) is 5.91 Å². The van der Waals surface area contributed by atoms with Crippen LogP contribution >= 0.6 is 0 Å². The van der Waals surface area contributed by atoms with Gasteiger partial charge in [0.05, 0.1) is 5.69 Å². The number of hydrogen-bond acceptors (Lipinski definition) is 4. The quantitative estimate of drug-likeness (QED) is 0.856. The zero-order chi connectivity index (χ0) is 16.9. The van der Waals surface area contributed by atoms with Crippen molar-refractivity contribution in [2.75, 3.05) is 37.7 Å². The summed E-state index contributed by atoms with van der Waals surface area (Å²) in [5.74, 6) is 0.739. The molecule has 130 valence electrons. The summed E-state index contributed by atoms with van der Waals surface area (Å²) in [5, 5.41) is 3.32. The van der Waals surface area contributed by atoms with Crippen molar-refractivity contribution in [1.29, 1.82) is 0 Å². The van der Waals surface area contributed by atoms with E-state index in [9.17, 15) is 9.59 Å². The molecular weight excluding hydrogens is 306 g/mol. The van der Waals surface area contributed by atoms with Gasteiger partial charge in [-0.3, -0.25) is 9.59 Å². The van der Waals surface area contributed by atoms with Gasteiger partial charge in [0.2, 0.25) is 5.91 Å². The minimum Gasteiger partial charge on any atom is -0.482 e. The van der Waals surface area contributed by atoms with Crippen LogP contribution in [0.2, 0.25) is 0 Å². The molecule has 0 bridgehead atoms. The van der Waals surface area contributed by atoms with Gasteiger partial charge in [0.1, 0.15) is 5.75 Å². The van der Waals surface area contributed by atoms with E-state index in [0.29, 0.717) is 18.7 Å². The number of carbonyl (C=O) groups excluding carboxylic acids is 2. The SMILES string of the molecule is CCCN(C(=O)CCN1C(=O)COc2ccccc21)C1CCNC1. The van der Waals surface area contributed by atoms with Crippen molar-refractivity contribution in [2.24, 2.45) is 0 Å². The predicted octanol–water partition coefficient (Wildman–Crippen LogP) is 1.40. The van der Waals surface area contributed by atoms with Crippen molar-refractivity contribution >= 4 is 17.5 Å². The van der Waals surface area contributed by atoms with Crippen LogP contribution in [0.5, 0.6) is 5.75 Å². The zero-order valence-electron chi connectivity index (χ0n) is 14.2. The highest BCUT2D eigenvalue weighted by Crippen LogP contribution is 2.31. The summed E-state index contributed by atoms with van der Waals surface area (Å²) >= 11 is 0. The Labute approximate surface area is 142 Å². The highest BCUT2D eigenvalue weighted by atomic mass is 16.5. The van der Waals surface area contributed by atoms with Crippen LogP contribution in [0.15, 0.2) is 24.3 Å². The molecule has 24 heavy (non-hydrogen) atoms. The standard InChI is InChI=1S/C18H25N3O3/c1-2-10-20(14-7-9-19-12-14)17(22)8-11-21-15-5-3-4-6-16(15)24-13-18(21)23/h3-6,14,19H,2,7-13H2,1H3. The van der Waals surface area contributed by atoms with E-state index in [0.717, 1.165) is 38.2 Å². The maximum Gasteiger partial charge on any atom is 0.265 e. The summed E-state index contributed by atoms with van der Waals surface area (Å²) in [6, 6.07) is 7.76. The largest absolute Gasteiger partial charge is 0.482 e. The fourth-order valence-corrected chi connectivity index (χ4v) is 3.41. The van der Waals surface area contributed by atoms with Crippen LogP contribution in [0.3, 0.4) is 0 Å². The smallest absolute Gasteiger partial charge is 0.265 e. The van der Waals surface area contributed by atoms with Crippen molar-refractivity contribution in [3.05, 3.63) is 24.3 Å². The van der Waals surface area contributed by atoms with E-state index >= 15 is 0 Å². The Kier molecular flexibility index (Phi) is 5.35. The molecule has 0 aromatic heterocycles. The van der Waals surface area contributed by atoms with E-state index in [2.05, 4.69) is 12.2 Å². The highest BCUT2D eigenvalue weighted by Gasteiger charge is 2.29. The summed E-state index contributed by atoms with van der Waals surface area (Å²) in [6.45, 7) is 5.14. The highest BCUT2D eigenvalue weighted by molar-refractivity contribution is 5.98. The monoisotopic (exact) mass is 331 g/mol. The second kappa shape index (κ2) is 7.66. The number of nitrogens with one attached hydrogen (secondary N) is 1. The van der Waals surface area contributed by atoms with Gasteiger partial charge in [-0.2, -0.15) is 0 Å². The van der Waals surface area contributed by atoms with E-state index < -0.39 is 0 Å². The van der Waals surface area contributed by atoms with Crippen LogP contribution in [0.25, 0.3) is 0 Å². The molecule has 1 N–H and O–H groups in total. The summed E-state index contributed by atoms with van der Waals surface area (Å²) in [7, 11) is 0. The first-order valence-electron chi connectivity index (χ1n) is 8.73. The minimum absolute atomic E-state index is 0.0381. The lowest BCUT2D eigenvalue weighted by Crippen LogP contribution is -2.45. The molecule has 1 fully saturated rings. The number of hydrogen-bond donors (Lipinski definition) is 1. The minimum atomic E-state index is -0.0916. The van der Waals surface area contributed by atoms with Gasteiger partial charge in [0, 0.05) is 32.1 Å². The molecule has 2 amide bonds. The molecule has 0 saturated carbocycles. The predicted molar refractivity (Wildman–Crippen MR) is 92.2 cm³/mol. The molecule has 6 nitrogen and oxygen atoms in total. The molecule has 1 saturated heterocycles. The number of benzene rings is 1. The molecule has 1 aromatic carbocycles. The van der Waals surface area contributed by atoms with Gasteiger partial charge >= 0.3 is 0 Å². The van der Waals surface area contributed by atoms with Gasteiger partial charge in [-0.15, -0.1) is 0 Å². The normalized spacial score (nSPS) is 19.8. The average molecular weight is 331 g/mol. The fraction of sp³-hybridized carbons (Fsp3) is 0.556. The molecule has 1 unspecified atom stereocenters. The van der Waals surface area contributed by atoms with E-state index in [1.807, 2.05) is 29.2 Å². The lowest BCUT2D eigenvalue weighted by Gasteiger charge is -2.32. The number of rotatable bonds is 6. The number of ether oxygens (including phenoxy) is 1. The Hall–Kier alpha value is -2.08. The Balaban J connectivity index is 1.65. The third-order valence-electron chi connectivity index (χ3n) is 4.62. The van der Waals surface area contributed by atoms with Gasteiger partial charge in [-0.25, -0.2) is 0 Å². The van der Waals surface area contributed by atoms with E-state index in [4.69, 9.17) is 4.74 Å². The van der Waals surface area contributed by atoms with Crippen LogP contribution in [0.4, 0.5) is 5.69 Å². The van der Waals surface area contributed by atoms with Gasteiger partial charge < -0.3 is 19.9 Å². The van der Waals surface area contributed by atoms with E-state index in [1.165, 1.54) is 0 Å². The van der Waals surface area contributed by atoms with Crippen molar-refractivity contribution < 1.29 is 14.3 Å². The molecule has 2 heterocycles. The lowest BCUT2D eigenvalue weighted by atomic mass is 10.1. The van der Waals surface area contributed by atoms with Crippen molar-refractivity contribution in [2.45, 2.75) is 32.2 Å². The number of amides is 2. The average Bonchev–Trinajstić information content (AvgIpc) is 3.12. The van der Waals surface area contributed by atoms with Crippen LogP contribution in [-0.4, -0.2) is 55.5 Å². The summed E-state index contributed by atoms with van der Waals surface area (Å²) < 4.78 is 5.45. The molecule has 6 heteroatoms. The lowest BCUT2D eigenvalue weighted by molar-refractivity contribution is -0.133. The first-order valence-corrected chi connectivity index (χ1v) is 8.73. The second-order valence-corrected chi connectivity index (χ2v) is 6.29. The van der Waals surface area contributed by atoms with Crippen molar-refractivity contribution in [3.8, 4) is 5.75 Å². The van der Waals surface area contributed by atoms with Crippen molar-refractivity contribution in [3.63, 3.8) is 0 Å². The van der Waals surface area contributed by atoms with E-state index in [1.54, 1.807) is 4.90 Å². The Morgan fingerprint density at radius 1 is 1.42 bits per heavy atom. The third-order valence-corrected chi connectivity index (χ3v) is 4.62. The number of nitrogens with zero attached hydrogens (tertiary/aromatic N) is 2. The van der Waals surface area contributed by atoms with E-state index in [-0.39, 0.29) is 24.5 Å². The van der Waals surface area contributed by atoms with Crippen LogP contribution < -0.4 is 15.0 Å². The molecule has 2 aliphatic heterocycles. The van der Waals surface area contributed by atoms with Gasteiger partial charge in [0.15, 0.2) is 6.61 Å². The van der Waals surface area contributed by atoms with Crippen molar-refractivity contribution in [1.82, 2.24) is 10.2 Å². The Morgan fingerprint density at radius 3 is 3.00 bits per heavy atom. The Morgan fingerprint density at radius 2 is 2.25 bits per heavy atom. The van der Waals surface area contributed by atoms with Crippen LogP contribution in [0.1, 0.15) is 26.2 Å². The third kappa shape index (κ3) is 3.53. The van der Waals surface area contributed by atoms with Gasteiger partial charge in [-0.1, -0.05) is 19.1 Å². The number of carbonyl (C=O) groups is 2. The van der Waals surface area contributed by atoms with Gasteiger partial charge in [-0.05, 0) is 31.5 Å². The van der Waals surface area contributed by atoms with Crippen LogP contribution in [-0.2, 0) is 9.59 Å². The number of para-hydroxylation sites is 2. The Bertz CT molecular complexity index is 599. The molecule has 0 spiro atoms. The number of anilines is 1. The summed E-state index contributed by atoms with van der Waals surface area (Å²) in [6.07, 6.45) is 2.29.